The molecule has 176 valence electrons. The van der Waals surface area contributed by atoms with E-state index in [4.69, 9.17) is 4.74 Å². The number of rotatable bonds is 7. The van der Waals surface area contributed by atoms with Crippen molar-refractivity contribution in [3.63, 3.8) is 0 Å². The van der Waals surface area contributed by atoms with Gasteiger partial charge in [0.1, 0.15) is 29.8 Å². The third-order valence-corrected chi connectivity index (χ3v) is 5.83. The summed E-state index contributed by atoms with van der Waals surface area (Å²) in [4.78, 5) is 14.9. The van der Waals surface area contributed by atoms with Crippen molar-refractivity contribution in [1.29, 1.82) is 0 Å². The molecule has 0 aliphatic carbocycles. The highest BCUT2D eigenvalue weighted by atomic mass is 32.2. The Bertz CT molecular complexity index is 1250. The van der Waals surface area contributed by atoms with Gasteiger partial charge in [0.15, 0.2) is 0 Å². The number of piperidine rings is 1. The first kappa shape index (κ1) is 23.3. The van der Waals surface area contributed by atoms with Gasteiger partial charge in [-0.25, -0.2) is 23.6 Å². The quantitative estimate of drug-likeness (QED) is 0.537. The molecule has 11 heteroatoms. The third kappa shape index (κ3) is 5.92. The van der Waals surface area contributed by atoms with E-state index in [9.17, 15) is 9.32 Å². The number of hydrogen-bond acceptors (Lipinski definition) is 9. The highest BCUT2D eigenvalue weighted by Gasteiger charge is 2.22. The van der Waals surface area contributed by atoms with Crippen LogP contribution in [0.1, 0.15) is 12.8 Å². The topological polar surface area (TPSA) is 113 Å². The first-order valence-electron chi connectivity index (χ1n) is 10.7. The fourth-order valence-corrected chi connectivity index (χ4v) is 4.46. The summed E-state index contributed by atoms with van der Waals surface area (Å²) in [5.74, 6) is 0.0845. The Labute approximate surface area is 192 Å². The van der Waals surface area contributed by atoms with Crippen LogP contribution >= 0.6 is 0 Å². The number of β-amino-alcohol motifs (C(OH)–C–C–N with tert-alkyl or cyclic N) is 1. The van der Waals surface area contributed by atoms with E-state index in [1.54, 1.807) is 24.4 Å². The number of pyridine rings is 1. The molecule has 1 aromatic carbocycles. The first-order valence-corrected chi connectivity index (χ1v) is 13.0. The maximum atomic E-state index is 15.0. The molecule has 0 unspecified atom stereocenters. The summed E-state index contributed by atoms with van der Waals surface area (Å²) in [7, 11) is -2.44. The molecule has 4 rings (SSSR count). The first-order chi connectivity index (χ1) is 15.8. The molecule has 3 heterocycles. The van der Waals surface area contributed by atoms with E-state index in [1.165, 1.54) is 24.9 Å². The fraction of sp³-hybridized carbons (Fsp3) is 0.409. The van der Waals surface area contributed by atoms with Gasteiger partial charge in [0, 0.05) is 47.6 Å². The predicted molar refractivity (Wildman–Crippen MR) is 126 cm³/mol. The Kier molecular flexibility index (Phi) is 7.01. The summed E-state index contributed by atoms with van der Waals surface area (Å²) >= 11 is 0. The summed E-state index contributed by atoms with van der Waals surface area (Å²) in [6.45, 7) is 2.35. The smallest absolute Gasteiger partial charge is 0.238 e. The van der Waals surface area contributed by atoms with Crippen LogP contribution in [0.2, 0.25) is 0 Å². The second-order valence-electron chi connectivity index (χ2n) is 8.20. The second-order valence-corrected chi connectivity index (χ2v) is 10.7. The minimum atomic E-state index is -2.44. The molecule has 0 saturated carbocycles. The predicted octanol–water partition coefficient (Wildman–Crippen LogP) is 3.10. The largest absolute Gasteiger partial charge is 0.472 e. The van der Waals surface area contributed by atoms with Crippen LogP contribution in [0.25, 0.3) is 10.9 Å². The number of hydrogen-bond donors (Lipinski definition) is 2. The zero-order chi connectivity index (χ0) is 23.4. The van der Waals surface area contributed by atoms with Crippen molar-refractivity contribution in [3.05, 3.63) is 42.6 Å². The highest BCUT2D eigenvalue weighted by Crippen LogP contribution is 2.32. The third-order valence-electron chi connectivity index (χ3n) is 5.18. The normalized spacial score (nSPS) is 17.2. The second kappa shape index (κ2) is 9.94. The highest BCUT2D eigenvalue weighted by molar-refractivity contribution is 7.92. The van der Waals surface area contributed by atoms with Crippen LogP contribution in [-0.4, -0.2) is 74.0 Å². The summed E-state index contributed by atoms with van der Waals surface area (Å²) in [6.07, 6.45) is 7.72. The molecule has 2 aromatic heterocycles. The van der Waals surface area contributed by atoms with Crippen LogP contribution in [0.3, 0.4) is 0 Å². The molecule has 1 atom stereocenters. The van der Waals surface area contributed by atoms with Crippen molar-refractivity contribution in [1.82, 2.24) is 19.9 Å². The van der Waals surface area contributed by atoms with Gasteiger partial charge in [0.25, 0.3) is 0 Å². The van der Waals surface area contributed by atoms with Gasteiger partial charge in [-0.3, -0.25) is 4.90 Å². The van der Waals surface area contributed by atoms with Gasteiger partial charge in [-0.1, -0.05) is 0 Å². The number of benzene rings is 1. The van der Waals surface area contributed by atoms with Crippen molar-refractivity contribution in [2.24, 2.45) is 4.36 Å². The SMILES string of the molecule is CS(C)(=O)=Nc1cc(F)c2c(Nc3cccnc3O[C@@H]3CCCN(CCO)C3)ncnc2c1. The van der Waals surface area contributed by atoms with E-state index in [2.05, 4.69) is 29.5 Å². The van der Waals surface area contributed by atoms with Gasteiger partial charge in [0.2, 0.25) is 5.88 Å². The van der Waals surface area contributed by atoms with E-state index in [0.717, 1.165) is 19.4 Å². The van der Waals surface area contributed by atoms with E-state index >= 15 is 4.39 Å². The number of likely N-dealkylation sites (tertiary alicyclic amines) is 1. The lowest BCUT2D eigenvalue weighted by molar-refractivity contribution is 0.0743. The van der Waals surface area contributed by atoms with Crippen LogP contribution in [-0.2, 0) is 9.73 Å². The van der Waals surface area contributed by atoms with E-state index in [0.29, 0.717) is 30.2 Å². The van der Waals surface area contributed by atoms with E-state index < -0.39 is 15.5 Å². The number of aliphatic hydroxyl groups is 1. The summed E-state index contributed by atoms with van der Waals surface area (Å²) in [5, 5.41) is 12.5. The van der Waals surface area contributed by atoms with Crippen molar-refractivity contribution in [2.75, 3.05) is 44.1 Å². The Morgan fingerprint density at radius 2 is 2.18 bits per heavy atom. The lowest BCUT2D eigenvalue weighted by atomic mass is 10.1. The molecule has 0 amide bonds. The molecule has 9 nitrogen and oxygen atoms in total. The molecule has 3 aromatic rings. The monoisotopic (exact) mass is 474 g/mol. The number of nitrogens with zero attached hydrogens (tertiary/aromatic N) is 5. The maximum absolute atomic E-state index is 15.0. The lowest BCUT2D eigenvalue weighted by Gasteiger charge is -2.32. The van der Waals surface area contributed by atoms with Gasteiger partial charge < -0.3 is 15.2 Å². The Morgan fingerprint density at radius 1 is 1.33 bits per heavy atom. The molecule has 0 bridgehead atoms. The zero-order valence-corrected chi connectivity index (χ0v) is 19.4. The van der Waals surface area contributed by atoms with Gasteiger partial charge in [-0.2, -0.15) is 4.36 Å². The standard InChI is InChI=1S/C22H27FN6O3S/c1-33(2,31)28-15-11-17(23)20-19(12-15)25-14-26-21(20)27-18-6-3-7-24-22(18)32-16-5-4-8-29(13-16)9-10-30/h3,6-7,11-12,14,16,30H,4-5,8-10,13H2,1-2H3,(H,25,26,27)/t16-/m1/s1. The lowest BCUT2D eigenvalue weighted by Crippen LogP contribution is -2.42. The maximum Gasteiger partial charge on any atom is 0.238 e. The fourth-order valence-electron chi connectivity index (χ4n) is 3.85. The van der Waals surface area contributed by atoms with Gasteiger partial charge in [-0.05, 0) is 37.6 Å². The van der Waals surface area contributed by atoms with Crippen LogP contribution in [0, 0.1) is 5.82 Å². The number of aliphatic hydroxyl groups excluding tert-OH is 1. The molecule has 0 radical (unpaired) electrons. The average Bonchev–Trinajstić information content (AvgIpc) is 2.74. The number of ether oxygens (including phenoxy) is 1. The Morgan fingerprint density at radius 3 is 2.97 bits per heavy atom. The number of anilines is 2. The summed E-state index contributed by atoms with van der Waals surface area (Å²) in [6, 6.07) is 6.35. The number of aromatic nitrogens is 3. The molecule has 0 spiro atoms. The average molecular weight is 475 g/mol. The molecule has 1 fully saturated rings. The molecule has 1 aliphatic rings. The summed E-state index contributed by atoms with van der Waals surface area (Å²) < 4.78 is 37.3. The Balaban J connectivity index is 1.62. The van der Waals surface area contributed by atoms with Gasteiger partial charge >= 0.3 is 0 Å². The molecule has 33 heavy (non-hydrogen) atoms. The van der Waals surface area contributed by atoms with Crippen molar-refractivity contribution in [2.45, 2.75) is 18.9 Å². The molecular weight excluding hydrogens is 447 g/mol. The minimum Gasteiger partial charge on any atom is -0.472 e. The van der Waals surface area contributed by atoms with Crippen LogP contribution in [0.15, 0.2) is 41.2 Å². The molecular formula is C22H27FN6O3S. The van der Waals surface area contributed by atoms with Crippen molar-refractivity contribution in [3.8, 4) is 5.88 Å². The molecule has 2 N–H and O–H groups in total. The van der Waals surface area contributed by atoms with Gasteiger partial charge in [0.05, 0.1) is 23.2 Å². The minimum absolute atomic E-state index is 0.0678. The van der Waals surface area contributed by atoms with Crippen LogP contribution in [0.5, 0.6) is 5.88 Å². The zero-order valence-electron chi connectivity index (χ0n) is 18.6. The molecule has 1 aliphatic heterocycles. The van der Waals surface area contributed by atoms with Crippen molar-refractivity contribution >= 4 is 37.8 Å². The summed E-state index contributed by atoms with van der Waals surface area (Å²) in [5.41, 5.74) is 1.15. The van der Waals surface area contributed by atoms with E-state index in [1.807, 2.05) is 0 Å². The van der Waals surface area contributed by atoms with Crippen LogP contribution in [0.4, 0.5) is 21.6 Å². The van der Waals surface area contributed by atoms with E-state index in [-0.39, 0.29) is 29.6 Å². The number of halogens is 1. The molecule has 1 saturated heterocycles. The number of fused-ring (bicyclic) bond motifs is 1. The Hall–Kier alpha value is -2.89. The van der Waals surface area contributed by atoms with Crippen molar-refractivity contribution < 1.29 is 18.4 Å². The number of nitrogens with one attached hydrogen (secondary N) is 1. The van der Waals surface area contributed by atoms with Crippen LogP contribution < -0.4 is 10.1 Å². The van der Waals surface area contributed by atoms with Gasteiger partial charge in [-0.15, -0.1) is 0 Å².